The molecule has 0 aliphatic heterocycles. The van der Waals surface area contributed by atoms with E-state index in [1.807, 2.05) is 0 Å². The summed E-state index contributed by atoms with van der Waals surface area (Å²) in [6.45, 7) is 3.61. The predicted octanol–water partition coefficient (Wildman–Crippen LogP) is -1.45. The van der Waals surface area contributed by atoms with Crippen LogP contribution in [0.4, 0.5) is 0 Å². The van der Waals surface area contributed by atoms with Crippen LogP contribution in [0.5, 0.6) is 0 Å². The second-order valence-electron chi connectivity index (χ2n) is 2.00. The average Bonchev–Trinajstić information content (AvgIpc) is 1.67. The molecule has 0 saturated heterocycles. The Hall–Kier alpha value is 0.145. The van der Waals surface area contributed by atoms with Crippen molar-refractivity contribution in [2.75, 3.05) is 0 Å². The van der Waals surface area contributed by atoms with Gasteiger partial charge in [-0.3, -0.25) is 8.42 Å². The van der Waals surface area contributed by atoms with Gasteiger partial charge in [-0.1, -0.05) is 13.6 Å². The molecular weight excluding hydrogens is 121 g/mol. The van der Waals surface area contributed by atoms with Gasteiger partial charge in [0.05, 0.1) is 17.3 Å². The lowest BCUT2D eigenvalue weighted by atomic mass is 9.56. The van der Waals surface area contributed by atoms with Crippen molar-refractivity contribution in [1.29, 1.82) is 0 Å². The SMILES string of the molecule is BB(C)S(=O)(=O)BC. The molecule has 0 atom stereocenters. The van der Waals surface area contributed by atoms with Gasteiger partial charge in [-0.05, 0) is 0 Å². The third-order valence-corrected chi connectivity index (χ3v) is 3.36. The molecule has 0 fully saturated rings. The Balaban J connectivity index is 4.17. The Bertz CT molecular complexity index is 149. The number of rotatable bonds is 2. The Kier molecular flexibility index (Phi) is 2.67. The van der Waals surface area contributed by atoms with Crippen LogP contribution in [0, 0.1) is 0 Å². The van der Waals surface area contributed by atoms with Crippen LogP contribution >= 0.6 is 0 Å². The first-order valence-corrected chi connectivity index (χ1v) is 4.43. The van der Waals surface area contributed by atoms with Crippen molar-refractivity contribution in [3.63, 3.8) is 0 Å². The highest BCUT2D eigenvalue weighted by Crippen LogP contribution is 1.88. The van der Waals surface area contributed by atoms with E-state index in [-0.39, 0.29) is 12.4 Å². The minimum atomic E-state index is -2.74. The molecule has 0 aliphatic rings. The molecule has 0 unspecified atom stereocenters. The van der Waals surface area contributed by atoms with Gasteiger partial charge in [0, 0.05) is 0 Å². The molecule has 0 heterocycles. The van der Waals surface area contributed by atoms with Crippen molar-refractivity contribution in [1.82, 2.24) is 0 Å². The summed E-state index contributed by atoms with van der Waals surface area (Å²) in [5, 5.41) is 0. The Labute approximate surface area is 52.5 Å². The lowest BCUT2D eigenvalue weighted by Crippen LogP contribution is -2.26. The monoisotopic (exact) mass is 130 g/mol. The minimum Gasteiger partial charge on any atom is -0.254 e. The van der Waals surface area contributed by atoms with Crippen LogP contribution in [0.15, 0.2) is 0 Å². The molecule has 0 saturated carbocycles. The van der Waals surface area contributed by atoms with Gasteiger partial charge in [0.15, 0.2) is 0 Å². The van der Waals surface area contributed by atoms with Gasteiger partial charge < -0.3 is 0 Å². The van der Waals surface area contributed by atoms with Crippen molar-refractivity contribution < 1.29 is 8.42 Å². The van der Waals surface area contributed by atoms with Gasteiger partial charge in [0.25, 0.3) is 6.56 Å². The Morgan fingerprint density at radius 3 is 2.00 bits per heavy atom. The number of hydrogen-bond donors (Lipinski definition) is 0. The fourth-order valence-electron chi connectivity index (χ4n) is 0.333. The van der Waals surface area contributed by atoms with Crippen LogP contribution in [0.3, 0.4) is 0 Å². The van der Waals surface area contributed by atoms with Gasteiger partial charge in [-0.2, -0.15) is 0 Å². The topological polar surface area (TPSA) is 34.1 Å². The van der Waals surface area contributed by atoms with Crippen LogP contribution in [0.25, 0.3) is 0 Å². The van der Waals surface area contributed by atoms with E-state index < -0.39 is 9.54 Å². The molecule has 0 amide bonds. The van der Waals surface area contributed by atoms with E-state index in [1.165, 1.54) is 0 Å². The molecular formula is C2H9B3O2S. The Morgan fingerprint density at radius 1 is 1.62 bits per heavy atom. The summed E-state index contributed by atoms with van der Waals surface area (Å²) in [5.74, 6) is -0.215. The third kappa shape index (κ3) is 1.94. The molecule has 44 valence electrons. The molecule has 2 nitrogen and oxygen atoms in total. The highest BCUT2D eigenvalue weighted by atomic mass is 32.2. The van der Waals surface area contributed by atoms with E-state index in [0.717, 1.165) is 0 Å². The van der Waals surface area contributed by atoms with E-state index in [9.17, 15) is 8.42 Å². The lowest BCUT2D eigenvalue weighted by Gasteiger charge is -1.97. The standard InChI is InChI=1S/C2H9B3O2S/c1-4-8(6,7)5(2)3/h4H,3H2,1-2H3. The second-order valence-corrected chi connectivity index (χ2v) is 4.85. The molecule has 0 aliphatic carbocycles. The van der Waals surface area contributed by atoms with E-state index in [2.05, 4.69) is 0 Å². The Morgan fingerprint density at radius 2 is 2.00 bits per heavy atom. The first-order valence-electron chi connectivity index (χ1n) is 2.72. The molecule has 0 spiro atoms. The average molecular weight is 130 g/mol. The zero-order valence-corrected chi connectivity index (χ0v) is 6.33. The van der Waals surface area contributed by atoms with Gasteiger partial charge >= 0.3 is 0 Å². The summed E-state index contributed by atoms with van der Waals surface area (Å²) in [5.41, 5.74) is 0. The van der Waals surface area contributed by atoms with Crippen molar-refractivity contribution in [2.24, 2.45) is 0 Å². The predicted molar refractivity (Wildman–Crippen MR) is 42.1 cm³/mol. The second kappa shape index (κ2) is 2.62. The molecule has 0 aromatic heterocycles. The van der Waals surface area contributed by atoms with E-state index in [1.54, 1.807) is 21.4 Å². The minimum absolute atomic E-state index is 0.215. The summed E-state index contributed by atoms with van der Waals surface area (Å²) < 4.78 is 21.4. The first kappa shape index (κ1) is 8.14. The lowest BCUT2D eigenvalue weighted by molar-refractivity contribution is 0.620. The largest absolute Gasteiger partial charge is 0.255 e. The third-order valence-electron chi connectivity index (χ3n) is 1.12. The van der Waals surface area contributed by atoms with Crippen LogP contribution in [-0.4, -0.2) is 28.6 Å². The molecule has 8 heavy (non-hydrogen) atoms. The van der Waals surface area contributed by atoms with Crippen LogP contribution in [-0.2, 0) is 9.54 Å². The summed E-state index contributed by atoms with van der Waals surface area (Å²) >= 11 is 0. The molecule has 0 N–H and O–H groups in total. The molecule has 0 radical (unpaired) electrons. The smallest absolute Gasteiger partial charge is 0.254 e. The fraction of sp³-hybridized carbons (Fsp3) is 1.00. The van der Waals surface area contributed by atoms with Gasteiger partial charge in [0.2, 0.25) is 5.88 Å². The van der Waals surface area contributed by atoms with Gasteiger partial charge in [-0.15, -0.1) is 0 Å². The van der Waals surface area contributed by atoms with E-state index >= 15 is 0 Å². The zero-order chi connectivity index (χ0) is 6.78. The molecule has 0 bridgehead atoms. The molecule has 0 aromatic carbocycles. The van der Waals surface area contributed by atoms with E-state index in [4.69, 9.17) is 0 Å². The first-order chi connectivity index (χ1) is 3.50. The number of hydrogen-bond acceptors (Lipinski definition) is 2. The van der Waals surface area contributed by atoms with E-state index in [0.29, 0.717) is 0 Å². The van der Waals surface area contributed by atoms with Crippen molar-refractivity contribution in [3.05, 3.63) is 0 Å². The molecule has 0 rings (SSSR count). The normalized spacial score (nSPS) is 10.8. The zero-order valence-electron chi connectivity index (χ0n) is 5.51. The quantitative estimate of drug-likeness (QED) is 0.428. The van der Waals surface area contributed by atoms with Gasteiger partial charge in [0.1, 0.15) is 0 Å². The maximum atomic E-state index is 10.7. The molecule has 6 heteroatoms. The molecule has 0 aromatic rings. The highest BCUT2D eigenvalue weighted by molar-refractivity contribution is 8.39. The summed E-state index contributed by atoms with van der Waals surface area (Å²) in [7, 11) is -1.04. The summed E-state index contributed by atoms with van der Waals surface area (Å²) in [6.07, 6.45) is 0. The highest BCUT2D eigenvalue weighted by Gasteiger charge is 2.16. The van der Waals surface area contributed by atoms with Crippen molar-refractivity contribution >= 4 is 29.7 Å². The van der Waals surface area contributed by atoms with Crippen LogP contribution in [0.2, 0.25) is 13.6 Å². The van der Waals surface area contributed by atoms with Crippen molar-refractivity contribution in [2.45, 2.75) is 13.6 Å². The summed E-state index contributed by atoms with van der Waals surface area (Å²) in [4.78, 5) is 0. The van der Waals surface area contributed by atoms with Crippen molar-refractivity contribution in [3.8, 4) is 0 Å². The fourth-order valence-corrected chi connectivity index (χ4v) is 1.00. The maximum Gasteiger partial charge on any atom is 0.255 e. The summed E-state index contributed by atoms with van der Waals surface area (Å²) in [6, 6.07) is 0. The van der Waals surface area contributed by atoms with Gasteiger partial charge in [-0.25, -0.2) is 0 Å². The van der Waals surface area contributed by atoms with Crippen LogP contribution < -0.4 is 0 Å². The van der Waals surface area contributed by atoms with Crippen LogP contribution in [0.1, 0.15) is 0 Å². The maximum absolute atomic E-state index is 10.7.